The Bertz CT molecular complexity index is 269. The Kier molecular flexibility index (Phi) is 4.79. The highest BCUT2D eigenvalue weighted by atomic mass is 16.3. The van der Waals surface area contributed by atoms with Crippen LogP contribution in [0.25, 0.3) is 0 Å². The van der Waals surface area contributed by atoms with Gasteiger partial charge >= 0.3 is 0 Å². The summed E-state index contributed by atoms with van der Waals surface area (Å²) in [6, 6.07) is 10.4. The summed E-state index contributed by atoms with van der Waals surface area (Å²) >= 11 is 0. The number of hydrogen-bond acceptors (Lipinski definition) is 2. The standard InChI is InChI=1S/C13H21NO/c1-3-13(2,15)11-14-10-9-12-7-5-4-6-8-12/h4-8,14-15H,3,9-11H2,1-2H3. The first-order valence-electron chi connectivity index (χ1n) is 5.61. The van der Waals surface area contributed by atoms with Gasteiger partial charge in [-0.05, 0) is 31.9 Å². The number of aliphatic hydroxyl groups is 1. The minimum Gasteiger partial charge on any atom is -0.389 e. The third-order valence-corrected chi connectivity index (χ3v) is 2.70. The molecule has 0 aromatic heterocycles. The van der Waals surface area contributed by atoms with Crippen LogP contribution in [0.3, 0.4) is 0 Å². The fourth-order valence-corrected chi connectivity index (χ4v) is 1.36. The first kappa shape index (κ1) is 12.2. The van der Waals surface area contributed by atoms with E-state index in [0.717, 1.165) is 19.4 Å². The minimum absolute atomic E-state index is 0.573. The van der Waals surface area contributed by atoms with Crippen LogP contribution >= 0.6 is 0 Å². The van der Waals surface area contributed by atoms with E-state index >= 15 is 0 Å². The summed E-state index contributed by atoms with van der Waals surface area (Å²) in [6.07, 6.45) is 1.80. The van der Waals surface area contributed by atoms with Gasteiger partial charge in [0.25, 0.3) is 0 Å². The smallest absolute Gasteiger partial charge is 0.0740 e. The van der Waals surface area contributed by atoms with Crippen LogP contribution in [0.5, 0.6) is 0 Å². The molecule has 0 radical (unpaired) electrons. The summed E-state index contributed by atoms with van der Waals surface area (Å²) in [5, 5.41) is 13.0. The largest absolute Gasteiger partial charge is 0.389 e. The van der Waals surface area contributed by atoms with Gasteiger partial charge in [0, 0.05) is 6.54 Å². The van der Waals surface area contributed by atoms with Crippen molar-refractivity contribution in [2.45, 2.75) is 32.3 Å². The molecule has 0 fully saturated rings. The van der Waals surface area contributed by atoms with Gasteiger partial charge in [-0.15, -0.1) is 0 Å². The van der Waals surface area contributed by atoms with E-state index in [0.29, 0.717) is 6.54 Å². The summed E-state index contributed by atoms with van der Waals surface area (Å²) in [6.45, 7) is 5.44. The number of rotatable bonds is 6. The van der Waals surface area contributed by atoms with Crippen LogP contribution in [0.4, 0.5) is 0 Å². The number of hydrogen-bond donors (Lipinski definition) is 2. The molecule has 0 saturated carbocycles. The molecule has 84 valence electrons. The summed E-state index contributed by atoms with van der Waals surface area (Å²) < 4.78 is 0. The van der Waals surface area contributed by atoms with E-state index in [9.17, 15) is 5.11 Å². The van der Waals surface area contributed by atoms with Crippen molar-refractivity contribution in [2.24, 2.45) is 0 Å². The van der Waals surface area contributed by atoms with Crippen molar-refractivity contribution in [1.29, 1.82) is 0 Å². The fourth-order valence-electron chi connectivity index (χ4n) is 1.36. The summed E-state index contributed by atoms with van der Waals surface area (Å²) in [5.74, 6) is 0. The second-order valence-electron chi connectivity index (χ2n) is 4.26. The molecule has 2 N–H and O–H groups in total. The zero-order valence-electron chi connectivity index (χ0n) is 9.66. The van der Waals surface area contributed by atoms with Gasteiger partial charge in [0.15, 0.2) is 0 Å². The third kappa shape index (κ3) is 4.96. The first-order chi connectivity index (χ1) is 7.14. The summed E-state index contributed by atoms with van der Waals surface area (Å²) in [5.41, 5.74) is 0.762. The predicted molar refractivity (Wildman–Crippen MR) is 63.9 cm³/mol. The van der Waals surface area contributed by atoms with Crippen LogP contribution in [0.15, 0.2) is 30.3 Å². The van der Waals surface area contributed by atoms with E-state index in [2.05, 4.69) is 29.6 Å². The van der Waals surface area contributed by atoms with Gasteiger partial charge in [0.2, 0.25) is 0 Å². The average Bonchev–Trinajstić information content (AvgIpc) is 2.26. The fraction of sp³-hybridized carbons (Fsp3) is 0.538. The molecule has 0 spiro atoms. The monoisotopic (exact) mass is 207 g/mol. The molecule has 0 aliphatic rings. The third-order valence-electron chi connectivity index (χ3n) is 2.70. The molecule has 1 rings (SSSR count). The van der Waals surface area contributed by atoms with Gasteiger partial charge in [-0.25, -0.2) is 0 Å². The summed E-state index contributed by atoms with van der Waals surface area (Å²) in [7, 11) is 0. The second kappa shape index (κ2) is 5.89. The molecule has 1 atom stereocenters. The Balaban J connectivity index is 2.18. The van der Waals surface area contributed by atoms with Crippen LogP contribution < -0.4 is 5.32 Å². The van der Waals surface area contributed by atoms with E-state index in [1.807, 2.05) is 19.9 Å². The van der Waals surface area contributed by atoms with Gasteiger partial charge in [-0.1, -0.05) is 37.3 Å². The lowest BCUT2D eigenvalue weighted by molar-refractivity contribution is 0.0561. The van der Waals surface area contributed by atoms with Crippen molar-refractivity contribution in [1.82, 2.24) is 5.32 Å². The molecule has 1 aromatic rings. The van der Waals surface area contributed by atoms with Crippen molar-refractivity contribution in [3.63, 3.8) is 0 Å². The molecule has 0 amide bonds. The Morgan fingerprint density at radius 2 is 1.93 bits per heavy atom. The molecule has 0 heterocycles. The molecule has 15 heavy (non-hydrogen) atoms. The van der Waals surface area contributed by atoms with Crippen molar-refractivity contribution in [2.75, 3.05) is 13.1 Å². The molecule has 0 bridgehead atoms. The van der Waals surface area contributed by atoms with Gasteiger partial charge < -0.3 is 10.4 Å². The maximum atomic E-state index is 9.76. The molecule has 2 nitrogen and oxygen atoms in total. The molecule has 0 aliphatic heterocycles. The van der Waals surface area contributed by atoms with E-state index in [1.165, 1.54) is 5.56 Å². The molecule has 2 heteroatoms. The molecule has 1 unspecified atom stereocenters. The molecular weight excluding hydrogens is 186 g/mol. The van der Waals surface area contributed by atoms with E-state index in [-0.39, 0.29) is 0 Å². The van der Waals surface area contributed by atoms with Crippen LogP contribution in [-0.2, 0) is 6.42 Å². The lowest BCUT2D eigenvalue weighted by Gasteiger charge is -2.21. The molecule has 0 aliphatic carbocycles. The quantitative estimate of drug-likeness (QED) is 0.699. The highest BCUT2D eigenvalue weighted by Gasteiger charge is 2.15. The topological polar surface area (TPSA) is 32.3 Å². The van der Waals surface area contributed by atoms with Crippen molar-refractivity contribution in [3.8, 4) is 0 Å². The van der Waals surface area contributed by atoms with E-state index in [4.69, 9.17) is 0 Å². The highest BCUT2D eigenvalue weighted by molar-refractivity contribution is 5.14. The lowest BCUT2D eigenvalue weighted by Crippen LogP contribution is -2.37. The zero-order valence-corrected chi connectivity index (χ0v) is 9.66. The number of benzene rings is 1. The Hall–Kier alpha value is -0.860. The van der Waals surface area contributed by atoms with Crippen LogP contribution in [-0.4, -0.2) is 23.8 Å². The van der Waals surface area contributed by atoms with Gasteiger partial charge in [-0.2, -0.15) is 0 Å². The van der Waals surface area contributed by atoms with E-state index < -0.39 is 5.60 Å². The Labute approximate surface area is 92.3 Å². The molecule has 0 saturated heterocycles. The SMILES string of the molecule is CCC(C)(O)CNCCc1ccccc1. The van der Waals surface area contributed by atoms with Crippen molar-refractivity contribution < 1.29 is 5.11 Å². The lowest BCUT2D eigenvalue weighted by atomic mass is 10.0. The highest BCUT2D eigenvalue weighted by Crippen LogP contribution is 2.06. The van der Waals surface area contributed by atoms with Crippen LogP contribution in [0.2, 0.25) is 0 Å². The second-order valence-corrected chi connectivity index (χ2v) is 4.26. The van der Waals surface area contributed by atoms with Crippen molar-refractivity contribution in [3.05, 3.63) is 35.9 Å². The average molecular weight is 207 g/mol. The zero-order chi connectivity index (χ0) is 11.1. The van der Waals surface area contributed by atoms with Gasteiger partial charge in [-0.3, -0.25) is 0 Å². The minimum atomic E-state index is -0.573. The van der Waals surface area contributed by atoms with Crippen LogP contribution in [0.1, 0.15) is 25.8 Å². The normalized spacial score (nSPS) is 14.9. The van der Waals surface area contributed by atoms with Gasteiger partial charge in [0.1, 0.15) is 0 Å². The molecule has 1 aromatic carbocycles. The maximum Gasteiger partial charge on any atom is 0.0740 e. The van der Waals surface area contributed by atoms with Gasteiger partial charge in [0.05, 0.1) is 5.60 Å². The number of nitrogens with one attached hydrogen (secondary N) is 1. The van der Waals surface area contributed by atoms with Crippen LogP contribution in [0, 0.1) is 0 Å². The van der Waals surface area contributed by atoms with Crippen molar-refractivity contribution >= 4 is 0 Å². The predicted octanol–water partition coefficient (Wildman–Crippen LogP) is 1.98. The first-order valence-corrected chi connectivity index (χ1v) is 5.61. The van der Waals surface area contributed by atoms with E-state index in [1.54, 1.807) is 0 Å². The summed E-state index contributed by atoms with van der Waals surface area (Å²) in [4.78, 5) is 0. The molecular formula is C13H21NO. The Morgan fingerprint density at radius 3 is 2.53 bits per heavy atom. The Morgan fingerprint density at radius 1 is 1.27 bits per heavy atom. The maximum absolute atomic E-state index is 9.76.